The first kappa shape index (κ1) is 31.1. The van der Waals surface area contributed by atoms with Gasteiger partial charge in [-0.1, -0.05) is 47.5 Å². The largest absolute Gasteiger partial charge is 0.391 e. The Morgan fingerprint density at radius 2 is 1.84 bits per heavy atom. The molecule has 0 aliphatic carbocycles. The number of hydrogen-bond donors (Lipinski definition) is 5. The molecule has 1 aliphatic rings. The number of aryl methyl sites for hydroxylation is 1. The lowest BCUT2D eigenvalue weighted by Crippen LogP contribution is -2.49. The fraction of sp³-hybridized carbons (Fsp3) is 0.258. The van der Waals surface area contributed by atoms with Gasteiger partial charge in [0.1, 0.15) is 6.04 Å². The molecule has 0 fully saturated rings. The smallest absolute Gasteiger partial charge is 0.261 e. The lowest BCUT2D eigenvalue weighted by Gasteiger charge is -2.23. The first-order chi connectivity index (χ1) is 21.0. The summed E-state index contributed by atoms with van der Waals surface area (Å²) in [6.07, 6.45) is 0.225. The van der Waals surface area contributed by atoms with Gasteiger partial charge in [-0.15, -0.1) is 0 Å². The van der Waals surface area contributed by atoms with Crippen LogP contribution in [0.25, 0.3) is 22.0 Å². The summed E-state index contributed by atoms with van der Waals surface area (Å²) in [4.78, 5) is 54.8. The zero-order chi connectivity index (χ0) is 31.5. The van der Waals surface area contributed by atoms with Gasteiger partial charge in [-0.3, -0.25) is 23.7 Å². The second-order valence-electron chi connectivity index (χ2n) is 10.6. The van der Waals surface area contributed by atoms with Crippen molar-refractivity contribution < 1.29 is 19.5 Å². The number of halogens is 2. The summed E-state index contributed by atoms with van der Waals surface area (Å²) in [6, 6.07) is 14.1. The Morgan fingerprint density at radius 3 is 2.61 bits per heavy atom. The van der Waals surface area contributed by atoms with Gasteiger partial charge in [0.2, 0.25) is 11.8 Å². The Hall–Kier alpha value is -4.29. The van der Waals surface area contributed by atoms with Crippen molar-refractivity contribution in [2.24, 2.45) is 5.73 Å². The van der Waals surface area contributed by atoms with E-state index in [9.17, 15) is 24.3 Å². The van der Waals surface area contributed by atoms with Crippen molar-refractivity contribution >= 4 is 51.8 Å². The molecule has 2 heterocycles. The van der Waals surface area contributed by atoms with Crippen molar-refractivity contribution in [2.45, 2.75) is 44.6 Å². The van der Waals surface area contributed by atoms with E-state index in [1.807, 2.05) is 36.4 Å². The van der Waals surface area contributed by atoms with Gasteiger partial charge < -0.3 is 26.8 Å². The zero-order valence-electron chi connectivity index (χ0n) is 23.6. The number of benzene rings is 3. The highest BCUT2D eigenvalue weighted by Gasteiger charge is 2.24. The number of aromatic nitrogens is 2. The van der Waals surface area contributed by atoms with Crippen molar-refractivity contribution in [3.8, 4) is 11.1 Å². The summed E-state index contributed by atoms with van der Waals surface area (Å²) < 4.78 is 1.32. The normalized spacial score (nSPS) is 14.4. The number of nitrogens with one attached hydrogen (secondary N) is 3. The molecule has 44 heavy (non-hydrogen) atoms. The Kier molecular flexibility index (Phi) is 9.31. The van der Waals surface area contributed by atoms with E-state index in [0.29, 0.717) is 23.2 Å². The molecule has 1 aromatic heterocycles. The Bertz CT molecular complexity index is 1830. The number of nitrogens with zero attached hydrogens (tertiary/aromatic N) is 2. The summed E-state index contributed by atoms with van der Waals surface area (Å²) in [5.74, 6) is -1.05. The number of aliphatic hydroxyl groups is 1. The van der Waals surface area contributed by atoms with E-state index in [1.54, 1.807) is 6.07 Å². The monoisotopic (exact) mass is 636 g/mol. The minimum absolute atomic E-state index is 0.0160. The van der Waals surface area contributed by atoms with E-state index in [4.69, 9.17) is 28.9 Å². The van der Waals surface area contributed by atoms with Crippen LogP contribution in [0.15, 0.2) is 65.7 Å². The van der Waals surface area contributed by atoms with Gasteiger partial charge in [0.05, 0.1) is 39.4 Å². The number of fused-ring (bicyclic) bond motifs is 2. The third-order valence-corrected chi connectivity index (χ3v) is 8.22. The minimum atomic E-state index is -1.17. The Morgan fingerprint density at radius 1 is 1.09 bits per heavy atom. The maximum Gasteiger partial charge on any atom is 0.261 e. The second kappa shape index (κ2) is 13.1. The number of carbonyl (C=O) groups excluding carboxylic acids is 3. The van der Waals surface area contributed by atoms with E-state index in [2.05, 4.69) is 20.9 Å². The van der Waals surface area contributed by atoms with E-state index < -0.39 is 24.1 Å². The lowest BCUT2D eigenvalue weighted by atomic mass is 9.96. The lowest BCUT2D eigenvalue weighted by molar-refractivity contribution is -0.126. The maximum atomic E-state index is 12.9. The van der Waals surface area contributed by atoms with Crippen LogP contribution in [0.2, 0.25) is 10.0 Å². The van der Waals surface area contributed by atoms with Crippen LogP contribution in [0, 0.1) is 0 Å². The maximum absolute atomic E-state index is 12.9. The first-order valence-electron chi connectivity index (χ1n) is 13.9. The number of rotatable bonds is 10. The fourth-order valence-corrected chi connectivity index (χ4v) is 5.25. The number of carbonyl (C=O) groups is 3. The van der Waals surface area contributed by atoms with Crippen molar-refractivity contribution in [2.75, 3.05) is 6.54 Å². The number of amides is 3. The standard InChI is InChI=1S/C31H30Cl2N6O5/c1-16(40)28(34)30(43)38-26(19-4-2-3-17(9-19)18-5-6-21-20(10-18)13-36-29(21)42)14-35-27(41)7-8-39-15-37-25-12-24(33)23(32)11-22(25)31(39)44/h2-6,9-12,15-16,26,28,40H,7-8,13-14,34H2,1H3,(H,35,41)(H,36,42)(H,38,43)/t16-,26+,28+/m1/s1. The van der Waals surface area contributed by atoms with E-state index in [1.165, 1.54) is 30.0 Å². The highest BCUT2D eigenvalue weighted by Crippen LogP contribution is 2.28. The summed E-state index contributed by atoms with van der Waals surface area (Å²) in [5.41, 5.74) is 9.86. The van der Waals surface area contributed by atoms with Gasteiger partial charge in [0.25, 0.3) is 11.5 Å². The minimum Gasteiger partial charge on any atom is -0.391 e. The van der Waals surface area contributed by atoms with Crippen molar-refractivity contribution in [1.82, 2.24) is 25.5 Å². The molecule has 0 spiro atoms. The molecule has 0 radical (unpaired) electrons. The van der Waals surface area contributed by atoms with E-state index in [0.717, 1.165) is 16.7 Å². The molecule has 11 nitrogen and oxygen atoms in total. The highest BCUT2D eigenvalue weighted by molar-refractivity contribution is 6.42. The van der Waals surface area contributed by atoms with Crippen LogP contribution in [-0.4, -0.2) is 51.1 Å². The number of aliphatic hydroxyl groups excluding tert-OH is 1. The molecule has 228 valence electrons. The number of nitrogens with two attached hydrogens (primary N) is 1. The Labute approximate surface area is 262 Å². The molecule has 13 heteroatoms. The van der Waals surface area contributed by atoms with Crippen LogP contribution in [0.4, 0.5) is 0 Å². The molecule has 0 saturated carbocycles. The van der Waals surface area contributed by atoms with Crippen molar-refractivity contribution in [3.63, 3.8) is 0 Å². The topological polar surface area (TPSA) is 168 Å². The van der Waals surface area contributed by atoms with Crippen LogP contribution in [0.3, 0.4) is 0 Å². The molecule has 0 unspecified atom stereocenters. The van der Waals surface area contributed by atoms with Crippen molar-refractivity contribution in [3.05, 3.63) is 98.0 Å². The quantitative estimate of drug-likeness (QED) is 0.178. The van der Waals surface area contributed by atoms with Crippen molar-refractivity contribution in [1.29, 1.82) is 0 Å². The molecule has 0 saturated heterocycles. The van der Waals surface area contributed by atoms with Gasteiger partial charge in [-0.05, 0) is 59.5 Å². The molecule has 3 atom stereocenters. The second-order valence-corrected chi connectivity index (χ2v) is 11.4. The summed E-state index contributed by atoms with van der Waals surface area (Å²) in [7, 11) is 0. The average Bonchev–Trinajstić information content (AvgIpc) is 3.39. The summed E-state index contributed by atoms with van der Waals surface area (Å²) in [5, 5.41) is 19.1. The van der Waals surface area contributed by atoms with Crippen LogP contribution < -0.4 is 27.2 Å². The van der Waals surface area contributed by atoms with Crippen LogP contribution in [0.5, 0.6) is 0 Å². The first-order valence-corrected chi connectivity index (χ1v) is 14.6. The van der Waals surface area contributed by atoms with E-state index in [-0.39, 0.29) is 52.3 Å². The molecular formula is C31H30Cl2N6O5. The van der Waals surface area contributed by atoms with Gasteiger partial charge in [-0.25, -0.2) is 4.98 Å². The number of hydrogen-bond acceptors (Lipinski definition) is 7. The van der Waals surface area contributed by atoms with Crippen LogP contribution >= 0.6 is 23.2 Å². The molecule has 1 aliphatic heterocycles. The predicted octanol–water partition coefficient (Wildman–Crippen LogP) is 2.69. The molecular weight excluding hydrogens is 607 g/mol. The van der Waals surface area contributed by atoms with Gasteiger partial charge in [0.15, 0.2) is 0 Å². The van der Waals surface area contributed by atoms with Crippen LogP contribution in [-0.2, 0) is 22.7 Å². The molecule has 4 aromatic rings. The third-order valence-electron chi connectivity index (χ3n) is 7.50. The van der Waals surface area contributed by atoms with E-state index >= 15 is 0 Å². The molecule has 0 bridgehead atoms. The van der Waals surface area contributed by atoms with Gasteiger partial charge in [0, 0.05) is 31.6 Å². The highest BCUT2D eigenvalue weighted by atomic mass is 35.5. The third kappa shape index (κ3) is 6.76. The molecule has 3 amide bonds. The van der Waals surface area contributed by atoms with Gasteiger partial charge >= 0.3 is 0 Å². The van der Waals surface area contributed by atoms with Gasteiger partial charge in [-0.2, -0.15) is 0 Å². The summed E-state index contributed by atoms with van der Waals surface area (Å²) >= 11 is 12.1. The average molecular weight is 638 g/mol. The van der Waals surface area contributed by atoms with Crippen LogP contribution in [0.1, 0.15) is 40.9 Å². The summed E-state index contributed by atoms with van der Waals surface area (Å²) in [6.45, 7) is 1.94. The Balaban J connectivity index is 1.31. The molecule has 3 aromatic carbocycles. The SMILES string of the molecule is C[C@@H](O)[C@H](N)C(=O)N[C@@H](CNC(=O)CCn1cnc2cc(Cl)c(Cl)cc2c1=O)c1cccc(-c2ccc3c(c2)CNC3=O)c1. The predicted molar refractivity (Wildman–Crippen MR) is 167 cm³/mol. The zero-order valence-corrected chi connectivity index (χ0v) is 25.2. The fourth-order valence-electron chi connectivity index (χ4n) is 4.93. The molecule has 5 rings (SSSR count). The molecule has 6 N–H and O–H groups in total.